The molecule has 1 unspecified atom stereocenters. The Kier molecular flexibility index (Phi) is 5.99. The average molecular weight is 443 g/mol. The third-order valence-corrected chi connectivity index (χ3v) is 6.55. The molecule has 0 bridgehead atoms. The van der Waals surface area contributed by atoms with Crippen molar-refractivity contribution in [3.05, 3.63) is 34.4 Å². The van der Waals surface area contributed by atoms with E-state index in [0.717, 1.165) is 41.3 Å². The maximum Gasteiger partial charge on any atom is 0.224 e. The molecule has 0 radical (unpaired) electrons. The summed E-state index contributed by atoms with van der Waals surface area (Å²) in [5.74, 6) is 0.884. The van der Waals surface area contributed by atoms with Crippen LogP contribution in [-0.2, 0) is 11.3 Å². The van der Waals surface area contributed by atoms with E-state index in [2.05, 4.69) is 19.8 Å². The first-order valence-electron chi connectivity index (χ1n) is 10.4. The zero-order chi connectivity index (χ0) is 22.1. The number of hydrogen-bond donors (Lipinski definition) is 0. The van der Waals surface area contributed by atoms with Crippen molar-refractivity contribution < 1.29 is 14.1 Å². The number of nitrogens with zero attached hydrogens (tertiary/aromatic N) is 6. The number of Topliss-reactive ketones (excluding diaryl/α,β-unsaturated/α-hetero) is 1. The van der Waals surface area contributed by atoms with Crippen LogP contribution in [0.25, 0.3) is 10.6 Å². The first kappa shape index (κ1) is 21.4. The first-order chi connectivity index (χ1) is 14.8. The number of carbonyl (C=O) groups is 2. The minimum atomic E-state index is 0.000997. The van der Waals surface area contributed by atoms with Gasteiger partial charge in [-0.25, -0.2) is 0 Å². The van der Waals surface area contributed by atoms with Crippen molar-refractivity contribution in [1.29, 1.82) is 0 Å². The van der Waals surface area contributed by atoms with E-state index >= 15 is 0 Å². The maximum atomic E-state index is 12.9. The van der Waals surface area contributed by atoms with Gasteiger partial charge in [-0.3, -0.25) is 14.3 Å². The van der Waals surface area contributed by atoms with Crippen LogP contribution in [0.3, 0.4) is 0 Å². The van der Waals surface area contributed by atoms with Crippen LogP contribution >= 0.6 is 11.5 Å². The lowest BCUT2D eigenvalue weighted by Crippen LogP contribution is -2.39. The van der Waals surface area contributed by atoms with Crippen molar-refractivity contribution in [2.24, 2.45) is 0 Å². The number of amides is 1. The molecule has 4 rings (SSSR count). The number of likely N-dealkylation sites (tertiary alicyclic amines) is 1. The van der Waals surface area contributed by atoms with E-state index in [0.29, 0.717) is 36.5 Å². The Labute approximate surface area is 184 Å². The molecule has 1 aliphatic rings. The molecule has 31 heavy (non-hydrogen) atoms. The normalized spacial score (nSPS) is 16.6. The van der Waals surface area contributed by atoms with Crippen molar-refractivity contribution in [2.75, 3.05) is 13.1 Å². The summed E-state index contributed by atoms with van der Waals surface area (Å²) in [6.45, 7) is 8.93. The molecule has 4 heterocycles. The topological polar surface area (TPSA) is 107 Å². The molecule has 0 saturated carbocycles. The zero-order valence-corrected chi connectivity index (χ0v) is 19.0. The second kappa shape index (κ2) is 8.70. The number of hydrogen-bond acceptors (Lipinski definition) is 8. The van der Waals surface area contributed by atoms with Crippen LogP contribution < -0.4 is 0 Å². The molecule has 10 heteroatoms. The Morgan fingerprint density at radius 1 is 1.29 bits per heavy atom. The summed E-state index contributed by atoms with van der Waals surface area (Å²) in [5, 5.41) is 12.8. The summed E-state index contributed by atoms with van der Waals surface area (Å²) in [7, 11) is 0. The molecule has 1 amide bonds. The lowest BCUT2D eigenvalue weighted by atomic mass is 9.93. The van der Waals surface area contributed by atoms with Crippen LogP contribution in [0.15, 0.2) is 10.6 Å². The highest BCUT2D eigenvalue weighted by Gasteiger charge is 2.30. The van der Waals surface area contributed by atoms with Gasteiger partial charge in [0, 0.05) is 43.7 Å². The highest BCUT2D eigenvalue weighted by atomic mass is 32.1. The fourth-order valence-corrected chi connectivity index (χ4v) is 5.01. The van der Waals surface area contributed by atoms with Gasteiger partial charge in [-0.15, -0.1) is 5.10 Å². The number of piperidine rings is 1. The SMILES string of the molecule is CC(=O)c1c(C)nn(CCC(=O)N2CCCC(c3nnsc3-c3cc(C)no3)C2)c1C. The van der Waals surface area contributed by atoms with Crippen LogP contribution in [0.4, 0.5) is 0 Å². The third kappa shape index (κ3) is 4.30. The highest BCUT2D eigenvalue weighted by Crippen LogP contribution is 2.35. The predicted octanol–water partition coefficient (Wildman–Crippen LogP) is 3.31. The molecule has 1 fully saturated rings. The Balaban J connectivity index is 1.43. The summed E-state index contributed by atoms with van der Waals surface area (Å²) in [5.41, 5.74) is 3.86. The number of aromatic nitrogens is 5. The minimum Gasteiger partial charge on any atom is -0.355 e. The number of aryl methyl sites for hydroxylation is 3. The Morgan fingerprint density at radius 3 is 2.77 bits per heavy atom. The first-order valence-corrected chi connectivity index (χ1v) is 11.2. The number of ketones is 1. The van der Waals surface area contributed by atoms with Crippen molar-refractivity contribution in [2.45, 2.75) is 59.4 Å². The van der Waals surface area contributed by atoms with E-state index in [1.807, 2.05) is 31.7 Å². The standard InChI is InChI=1S/C21H26N6O3S/c1-12-10-17(30-24-12)21-20(22-25-31-21)16-6-5-8-26(11-16)18(29)7-9-27-14(3)19(15(4)28)13(2)23-27/h10,16H,5-9,11H2,1-4H3. The van der Waals surface area contributed by atoms with Gasteiger partial charge < -0.3 is 9.42 Å². The molecule has 164 valence electrons. The lowest BCUT2D eigenvalue weighted by Gasteiger charge is -2.32. The lowest BCUT2D eigenvalue weighted by molar-refractivity contribution is -0.132. The Morgan fingerprint density at radius 2 is 2.10 bits per heavy atom. The van der Waals surface area contributed by atoms with E-state index in [4.69, 9.17) is 4.52 Å². The molecule has 0 N–H and O–H groups in total. The second-order valence-corrected chi connectivity index (χ2v) is 8.83. The number of carbonyl (C=O) groups excluding carboxylic acids is 2. The monoisotopic (exact) mass is 442 g/mol. The summed E-state index contributed by atoms with van der Waals surface area (Å²) < 4.78 is 11.3. The Hall–Kier alpha value is -2.88. The molecule has 9 nitrogen and oxygen atoms in total. The van der Waals surface area contributed by atoms with E-state index < -0.39 is 0 Å². The van der Waals surface area contributed by atoms with Gasteiger partial charge in [-0.1, -0.05) is 9.64 Å². The van der Waals surface area contributed by atoms with Gasteiger partial charge in [0.1, 0.15) is 4.88 Å². The third-order valence-electron chi connectivity index (χ3n) is 5.80. The van der Waals surface area contributed by atoms with Crippen molar-refractivity contribution in [1.82, 2.24) is 29.4 Å². The quantitative estimate of drug-likeness (QED) is 0.539. The van der Waals surface area contributed by atoms with Crippen molar-refractivity contribution in [3.63, 3.8) is 0 Å². The Bertz CT molecular complexity index is 1110. The average Bonchev–Trinajstić information content (AvgIpc) is 3.45. The van der Waals surface area contributed by atoms with Gasteiger partial charge in [-0.2, -0.15) is 5.10 Å². The molecule has 0 aromatic carbocycles. The van der Waals surface area contributed by atoms with Gasteiger partial charge in [0.05, 0.1) is 22.6 Å². The maximum absolute atomic E-state index is 12.9. The van der Waals surface area contributed by atoms with Gasteiger partial charge in [0.25, 0.3) is 0 Å². The molecular formula is C21H26N6O3S. The molecular weight excluding hydrogens is 416 g/mol. The largest absolute Gasteiger partial charge is 0.355 e. The van der Waals surface area contributed by atoms with Crippen LogP contribution in [0.2, 0.25) is 0 Å². The van der Waals surface area contributed by atoms with Crippen LogP contribution in [0.1, 0.15) is 65.2 Å². The summed E-state index contributed by atoms with van der Waals surface area (Å²) in [6.07, 6.45) is 2.21. The molecule has 3 aromatic heterocycles. The molecule has 1 atom stereocenters. The van der Waals surface area contributed by atoms with Crippen LogP contribution in [0, 0.1) is 20.8 Å². The predicted molar refractivity (Wildman–Crippen MR) is 115 cm³/mol. The van der Waals surface area contributed by atoms with E-state index in [9.17, 15) is 9.59 Å². The second-order valence-electron chi connectivity index (χ2n) is 8.07. The van der Waals surface area contributed by atoms with Gasteiger partial charge in [0.15, 0.2) is 11.5 Å². The highest BCUT2D eigenvalue weighted by molar-refractivity contribution is 7.09. The summed E-state index contributed by atoms with van der Waals surface area (Å²) in [4.78, 5) is 27.5. The fraction of sp³-hybridized carbons (Fsp3) is 0.524. The fourth-order valence-electron chi connectivity index (χ4n) is 4.32. The summed E-state index contributed by atoms with van der Waals surface area (Å²) >= 11 is 1.30. The van der Waals surface area contributed by atoms with Gasteiger partial charge in [0.2, 0.25) is 5.91 Å². The van der Waals surface area contributed by atoms with Crippen molar-refractivity contribution in [3.8, 4) is 10.6 Å². The van der Waals surface area contributed by atoms with Crippen molar-refractivity contribution >= 4 is 23.2 Å². The molecule has 1 aliphatic heterocycles. The van der Waals surface area contributed by atoms with Crippen LogP contribution in [0.5, 0.6) is 0 Å². The van der Waals surface area contributed by atoms with Gasteiger partial charge in [-0.05, 0) is 52.1 Å². The van der Waals surface area contributed by atoms with E-state index in [1.165, 1.54) is 11.5 Å². The van der Waals surface area contributed by atoms with Crippen LogP contribution in [-0.4, -0.2) is 54.2 Å². The molecule has 1 saturated heterocycles. The number of rotatable bonds is 6. The zero-order valence-electron chi connectivity index (χ0n) is 18.2. The molecule has 3 aromatic rings. The smallest absolute Gasteiger partial charge is 0.224 e. The van der Waals surface area contributed by atoms with Gasteiger partial charge >= 0.3 is 0 Å². The summed E-state index contributed by atoms with van der Waals surface area (Å²) in [6, 6.07) is 1.88. The molecule has 0 aliphatic carbocycles. The van der Waals surface area contributed by atoms with E-state index in [1.54, 1.807) is 11.6 Å². The van der Waals surface area contributed by atoms with E-state index in [-0.39, 0.29) is 17.6 Å². The molecule has 0 spiro atoms. The minimum absolute atomic E-state index is 0.000997.